The molecule has 0 saturated heterocycles. The van der Waals surface area contributed by atoms with Crippen LogP contribution in [0.3, 0.4) is 0 Å². The Balaban J connectivity index is 2.01. The van der Waals surface area contributed by atoms with E-state index < -0.39 is 0 Å². The Morgan fingerprint density at radius 1 is 1.35 bits per heavy atom. The van der Waals surface area contributed by atoms with Crippen molar-refractivity contribution in [3.8, 4) is 0 Å². The third-order valence-electron chi connectivity index (χ3n) is 2.29. The molecule has 0 amide bonds. The Hall–Kier alpha value is -1.42. The van der Waals surface area contributed by atoms with Gasteiger partial charge in [0.1, 0.15) is 5.82 Å². The molecular formula is C12H12ClFN2O. The lowest BCUT2D eigenvalue weighted by Crippen LogP contribution is -1.92. The molecule has 0 spiro atoms. The topological polar surface area (TPSA) is 38.9 Å². The number of aryl methyl sites for hydroxylation is 1. The molecule has 1 aromatic carbocycles. The molecule has 1 heterocycles. The van der Waals surface area contributed by atoms with Crippen LogP contribution in [-0.2, 0) is 12.8 Å². The van der Waals surface area contributed by atoms with Gasteiger partial charge in [0, 0.05) is 18.7 Å². The zero-order valence-corrected chi connectivity index (χ0v) is 9.95. The predicted molar refractivity (Wildman–Crippen MR) is 62.5 cm³/mol. The molecule has 0 aliphatic rings. The third kappa shape index (κ3) is 3.53. The minimum absolute atomic E-state index is 0.256. The Bertz CT molecular complexity index is 487. The maximum Gasteiger partial charge on any atom is 0.226 e. The largest absolute Gasteiger partial charge is 0.339 e. The summed E-state index contributed by atoms with van der Waals surface area (Å²) in [6.07, 6.45) is 1.96. The molecule has 17 heavy (non-hydrogen) atoms. The lowest BCUT2D eigenvalue weighted by Gasteiger charge is -1.95. The molecule has 0 unspecified atom stereocenters. The predicted octanol–water partition coefficient (Wildman–Crippen LogP) is 2.97. The van der Waals surface area contributed by atoms with Gasteiger partial charge >= 0.3 is 0 Å². The van der Waals surface area contributed by atoms with Crippen LogP contribution in [-0.4, -0.2) is 16.0 Å². The molecule has 1 aromatic heterocycles. The van der Waals surface area contributed by atoms with Crippen LogP contribution in [0.2, 0.25) is 0 Å². The van der Waals surface area contributed by atoms with Crippen molar-refractivity contribution < 1.29 is 8.91 Å². The van der Waals surface area contributed by atoms with Crippen molar-refractivity contribution in [2.24, 2.45) is 0 Å². The van der Waals surface area contributed by atoms with Crippen molar-refractivity contribution in [1.82, 2.24) is 10.1 Å². The lowest BCUT2D eigenvalue weighted by atomic mass is 10.1. The first-order valence-electron chi connectivity index (χ1n) is 5.40. The monoisotopic (exact) mass is 254 g/mol. The summed E-state index contributed by atoms with van der Waals surface area (Å²) in [4.78, 5) is 4.21. The van der Waals surface area contributed by atoms with E-state index in [0.717, 1.165) is 12.0 Å². The highest BCUT2D eigenvalue weighted by Gasteiger charge is 2.07. The van der Waals surface area contributed by atoms with Crippen LogP contribution in [0.5, 0.6) is 0 Å². The maximum absolute atomic E-state index is 13.0. The molecule has 0 aliphatic carbocycles. The number of benzene rings is 1. The van der Waals surface area contributed by atoms with Gasteiger partial charge in [-0.2, -0.15) is 4.98 Å². The van der Waals surface area contributed by atoms with Gasteiger partial charge < -0.3 is 4.52 Å². The van der Waals surface area contributed by atoms with Crippen molar-refractivity contribution in [2.75, 3.05) is 5.88 Å². The van der Waals surface area contributed by atoms with E-state index in [1.807, 2.05) is 6.07 Å². The Labute approximate surface area is 104 Å². The molecule has 0 N–H and O–H groups in total. The lowest BCUT2D eigenvalue weighted by molar-refractivity contribution is 0.373. The van der Waals surface area contributed by atoms with Crippen molar-refractivity contribution in [2.45, 2.75) is 19.3 Å². The van der Waals surface area contributed by atoms with Gasteiger partial charge in [0.25, 0.3) is 0 Å². The summed E-state index contributed by atoms with van der Waals surface area (Å²) in [7, 11) is 0. The molecular weight excluding hydrogens is 243 g/mol. The molecule has 2 rings (SSSR count). The number of nitrogens with zero attached hydrogens (tertiary/aromatic N) is 2. The molecule has 90 valence electrons. The zero-order chi connectivity index (χ0) is 12.1. The smallest absolute Gasteiger partial charge is 0.226 e. The van der Waals surface area contributed by atoms with E-state index in [4.69, 9.17) is 16.1 Å². The highest BCUT2D eigenvalue weighted by molar-refractivity contribution is 6.17. The highest BCUT2D eigenvalue weighted by Crippen LogP contribution is 2.09. The Morgan fingerprint density at radius 2 is 2.24 bits per heavy atom. The summed E-state index contributed by atoms with van der Waals surface area (Å²) in [5.41, 5.74) is 0.828. The van der Waals surface area contributed by atoms with E-state index in [2.05, 4.69) is 10.1 Å². The van der Waals surface area contributed by atoms with Crippen LogP contribution < -0.4 is 0 Å². The quantitative estimate of drug-likeness (QED) is 0.770. The fraction of sp³-hybridized carbons (Fsp3) is 0.333. The summed E-state index contributed by atoms with van der Waals surface area (Å²) in [6.45, 7) is 0. The SMILES string of the molecule is Fc1cccc(Cc2noc(CCCCl)n2)c1. The third-order valence-corrected chi connectivity index (χ3v) is 2.55. The van der Waals surface area contributed by atoms with Crippen LogP contribution in [0, 0.1) is 5.82 Å². The van der Waals surface area contributed by atoms with E-state index in [1.165, 1.54) is 12.1 Å². The highest BCUT2D eigenvalue weighted by atomic mass is 35.5. The van der Waals surface area contributed by atoms with Crippen molar-refractivity contribution in [3.63, 3.8) is 0 Å². The van der Waals surface area contributed by atoms with Gasteiger partial charge in [-0.25, -0.2) is 4.39 Å². The molecule has 0 fully saturated rings. The summed E-state index contributed by atoms with van der Waals surface area (Å²) >= 11 is 5.57. The first-order valence-corrected chi connectivity index (χ1v) is 5.93. The van der Waals surface area contributed by atoms with Gasteiger partial charge in [-0.3, -0.25) is 0 Å². The summed E-state index contributed by atoms with van der Waals surface area (Å²) in [5.74, 6) is 1.47. The normalized spacial score (nSPS) is 10.7. The maximum atomic E-state index is 13.0. The average Bonchev–Trinajstić information content (AvgIpc) is 2.74. The number of halogens is 2. The summed E-state index contributed by atoms with van der Waals surface area (Å²) in [5, 5.41) is 3.84. The molecule has 0 radical (unpaired) electrons. The van der Waals surface area contributed by atoms with Crippen LogP contribution in [0.25, 0.3) is 0 Å². The van der Waals surface area contributed by atoms with E-state index in [0.29, 0.717) is 30.4 Å². The first kappa shape index (κ1) is 12.0. The number of aromatic nitrogens is 2. The molecule has 0 aliphatic heterocycles. The molecule has 5 heteroatoms. The second kappa shape index (κ2) is 5.77. The van der Waals surface area contributed by atoms with Gasteiger partial charge in [-0.15, -0.1) is 11.6 Å². The molecule has 2 aromatic rings. The van der Waals surface area contributed by atoms with Gasteiger partial charge in [-0.05, 0) is 24.1 Å². The van der Waals surface area contributed by atoms with Crippen molar-refractivity contribution in [3.05, 3.63) is 47.4 Å². The van der Waals surface area contributed by atoms with E-state index >= 15 is 0 Å². The van der Waals surface area contributed by atoms with Crippen LogP contribution in [0.4, 0.5) is 4.39 Å². The number of hydrogen-bond acceptors (Lipinski definition) is 3. The van der Waals surface area contributed by atoms with Gasteiger partial charge in [-0.1, -0.05) is 17.3 Å². The van der Waals surface area contributed by atoms with E-state index in [-0.39, 0.29) is 5.82 Å². The minimum Gasteiger partial charge on any atom is -0.339 e. The molecule has 0 atom stereocenters. The molecule has 0 saturated carbocycles. The number of alkyl halides is 1. The van der Waals surface area contributed by atoms with Crippen molar-refractivity contribution >= 4 is 11.6 Å². The van der Waals surface area contributed by atoms with E-state index in [9.17, 15) is 4.39 Å². The van der Waals surface area contributed by atoms with Gasteiger partial charge in [0.05, 0.1) is 0 Å². The Morgan fingerprint density at radius 3 is 3.00 bits per heavy atom. The van der Waals surface area contributed by atoms with Gasteiger partial charge in [0.2, 0.25) is 5.89 Å². The van der Waals surface area contributed by atoms with E-state index in [1.54, 1.807) is 6.07 Å². The van der Waals surface area contributed by atoms with Crippen molar-refractivity contribution in [1.29, 1.82) is 0 Å². The average molecular weight is 255 g/mol. The van der Waals surface area contributed by atoms with Crippen LogP contribution >= 0.6 is 11.6 Å². The fourth-order valence-electron chi connectivity index (χ4n) is 1.51. The van der Waals surface area contributed by atoms with Gasteiger partial charge in [0.15, 0.2) is 5.82 Å². The Kier molecular flexibility index (Phi) is 4.09. The summed E-state index contributed by atoms with van der Waals surface area (Å²) in [6, 6.07) is 6.37. The number of hydrogen-bond donors (Lipinski definition) is 0. The zero-order valence-electron chi connectivity index (χ0n) is 9.20. The van der Waals surface area contributed by atoms with Crippen LogP contribution in [0.15, 0.2) is 28.8 Å². The fourth-order valence-corrected chi connectivity index (χ4v) is 1.64. The van der Waals surface area contributed by atoms with Crippen LogP contribution in [0.1, 0.15) is 23.7 Å². The molecule has 3 nitrogen and oxygen atoms in total. The summed E-state index contributed by atoms with van der Waals surface area (Å²) < 4.78 is 18.0. The standard InChI is InChI=1S/C12H12ClFN2O/c13-6-2-5-12-15-11(16-17-12)8-9-3-1-4-10(14)7-9/h1,3-4,7H,2,5-6,8H2. The minimum atomic E-state index is -0.256. The second-order valence-electron chi connectivity index (χ2n) is 3.70. The second-order valence-corrected chi connectivity index (χ2v) is 4.08. The first-order chi connectivity index (χ1) is 8.28. The molecule has 0 bridgehead atoms. The number of rotatable bonds is 5.